The molecule has 178 valence electrons. The second-order valence-corrected chi connectivity index (χ2v) is 7.90. The molecule has 0 aliphatic carbocycles. The van der Waals surface area contributed by atoms with Crippen molar-refractivity contribution < 1.29 is 32.8 Å². The second kappa shape index (κ2) is 8.71. The van der Waals surface area contributed by atoms with Crippen LogP contribution < -0.4 is 4.90 Å². The highest BCUT2D eigenvalue weighted by Gasteiger charge is 2.49. The first-order chi connectivity index (χ1) is 16.5. The van der Waals surface area contributed by atoms with E-state index in [1.165, 1.54) is 36.4 Å². The highest BCUT2D eigenvalue weighted by molar-refractivity contribution is 6.51. The molecule has 1 amide bonds. The Morgan fingerprint density at radius 3 is 2.29 bits per heavy atom. The normalized spacial score (nSPS) is 17.6. The van der Waals surface area contributed by atoms with E-state index in [0.717, 1.165) is 28.7 Å². The second-order valence-electron chi connectivity index (χ2n) is 7.90. The van der Waals surface area contributed by atoms with Crippen LogP contribution in [0.4, 0.5) is 24.5 Å². The molecular weight excluding hydrogens is 465 g/mol. The Balaban J connectivity index is 2.01. The maximum atomic E-state index is 13.4. The molecule has 35 heavy (non-hydrogen) atoms. The molecule has 1 aliphatic heterocycles. The molecule has 3 aromatic carbocycles. The van der Waals surface area contributed by atoms with E-state index in [0.29, 0.717) is 6.07 Å². The molecule has 4 rings (SSSR count). The van der Waals surface area contributed by atoms with Gasteiger partial charge in [-0.3, -0.25) is 24.6 Å². The van der Waals surface area contributed by atoms with Gasteiger partial charge in [-0.15, -0.1) is 0 Å². The number of ketones is 1. The molecule has 0 spiro atoms. The number of Topliss-reactive ketones (excluding diaryl/α,β-unsaturated/α-hetero) is 1. The lowest BCUT2D eigenvalue weighted by Gasteiger charge is -2.25. The molecule has 10 heteroatoms. The van der Waals surface area contributed by atoms with Gasteiger partial charge in [-0.25, -0.2) is 0 Å². The molecule has 1 heterocycles. The van der Waals surface area contributed by atoms with Crippen molar-refractivity contribution in [2.45, 2.75) is 19.1 Å². The number of nitro benzene ring substituents is 1. The average Bonchev–Trinajstić information content (AvgIpc) is 3.09. The molecule has 7 nitrogen and oxygen atoms in total. The van der Waals surface area contributed by atoms with Crippen LogP contribution in [0.2, 0.25) is 0 Å². The summed E-state index contributed by atoms with van der Waals surface area (Å²) in [6.07, 6.45) is -4.74. The van der Waals surface area contributed by atoms with Crippen molar-refractivity contribution in [2.24, 2.45) is 0 Å². The third kappa shape index (κ3) is 4.25. The van der Waals surface area contributed by atoms with Crippen molar-refractivity contribution in [2.75, 3.05) is 4.90 Å². The Labute approximate surface area is 196 Å². The van der Waals surface area contributed by atoms with Crippen LogP contribution in [-0.4, -0.2) is 21.7 Å². The first-order valence-corrected chi connectivity index (χ1v) is 10.3. The fourth-order valence-corrected chi connectivity index (χ4v) is 3.98. The number of rotatable bonds is 4. The monoisotopic (exact) mass is 482 g/mol. The smallest absolute Gasteiger partial charge is 0.416 e. The van der Waals surface area contributed by atoms with Crippen LogP contribution in [0.25, 0.3) is 5.76 Å². The molecule has 1 fully saturated rings. The first kappa shape index (κ1) is 23.7. The number of hydrogen-bond acceptors (Lipinski definition) is 5. The summed E-state index contributed by atoms with van der Waals surface area (Å²) in [5.74, 6) is -2.99. The average molecular weight is 482 g/mol. The molecule has 1 N–H and O–H groups in total. The van der Waals surface area contributed by atoms with Crippen molar-refractivity contribution in [3.8, 4) is 0 Å². The van der Waals surface area contributed by atoms with E-state index >= 15 is 0 Å². The number of hydrogen-bond donors (Lipinski definition) is 1. The quantitative estimate of drug-likeness (QED) is 0.173. The molecule has 0 radical (unpaired) electrons. The third-order valence-corrected chi connectivity index (χ3v) is 5.65. The van der Waals surface area contributed by atoms with Crippen LogP contribution >= 0.6 is 0 Å². The van der Waals surface area contributed by atoms with E-state index in [9.17, 15) is 38.0 Å². The van der Waals surface area contributed by atoms with E-state index < -0.39 is 51.4 Å². The zero-order valence-electron chi connectivity index (χ0n) is 18.1. The minimum atomic E-state index is -4.74. The van der Waals surface area contributed by atoms with Gasteiger partial charge in [0.1, 0.15) is 11.8 Å². The summed E-state index contributed by atoms with van der Waals surface area (Å²) in [5.41, 5.74) is -1.42. The summed E-state index contributed by atoms with van der Waals surface area (Å²) in [6, 6.07) is 13.7. The number of amides is 1. The third-order valence-electron chi connectivity index (χ3n) is 5.65. The SMILES string of the molecule is Cc1ccc(/C(O)=C2\C(=O)C(=O)N(c3cccc(C(F)(F)F)c3)C2c2ccccc2[N+](=O)[O-])cc1. The van der Waals surface area contributed by atoms with Crippen LogP contribution in [0.15, 0.2) is 78.4 Å². The van der Waals surface area contributed by atoms with Gasteiger partial charge < -0.3 is 5.11 Å². The maximum Gasteiger partial charge on any atom is 0.416 e. The molecular formula is C25H17F3N2O5. The van der Waals surface area contributed by atoms with Crippen LogP contribution in [0.3, 0.4) is 0 Å². The minimum Gasteiger partial charge on any atom is -0.507 e. The zero-order chi connectivity index (χ0) is 25.5. The summed E-state index contributed by atoms with van der Waals surface area (Å²) in [5, 5.41) is 22.8. The molecule has 3 aromatic rings. The number of aryl methyl sites for hydroxylation is 1. The summed E-state index contributed by atoms with van der Waals surface area (Å²) in [6.45, 7) is 1.80. The number of para-hydroxylation sites is 1. The van der Waals surface area contributed by atoms with Crippen molar-refractivity contribution in [1.29, 1.82) is 0 Å². The summed E-state index contributed by atoms with van der Waals surface area (Å²) in [7, 11) is 0. The summed E-state index contributed by atoms with van der Waals surface area (Å²) < 4.78 is 40.1. The Kier molecular flexibility index (Phi) is 5.89. The molecule has 1 unspecified atom stereocenters. The van der Waals surface area contributed by atoms with E-state index in [2.05, 4.69) is 0 Å². The van der Waals surface area contributed by atoms with Gasteiger partial charge in [0.05, 0.1) is 21.6 Å². The highest BCUT2D eigenvalue weighted by atomic mass is 19.4. The lowest BCUT2D eigenvalue weighted by molar-refractivity contribution is -0.385. The van der Waals surface area contributed by atoms with E-state index in [1.807, 2.05) is 0 Å². The summed E-state index contributed by atoms with van der Waals surface area (Å²) >= 11 is 0. The van der Waals surface area contributed by atoms with E-state index in [4.69, 9.17) is 0 Å². The number of nitro groups is 1. The maximum absolute atomic E-state index is 13.4. The number of carbonyl (C=O) groups excluding carboxylic acids is 2. The fourth-order valence-electron chi connectivity index (χ4n) is 3.98. The van der Waals surface area contributed by atoms with Gasteiger partial charge in [0, 0.05) is 17.3 Å². The number of nitrogens with zero attached hydrogens (tertiary/aromatic N) is 2. The fraction of sp³-hybridized carbons (Fsp3) is 0.120. The molecule has 0 aromatic heterocycles. The molecule has 1 aliphatic rings. The highest BCUT2D eigenvalue weighted by Crippen LogP contribution is 2.45. The van der Waals surface area contributed by atoms with Crippen LogP contribution in [0.5, 0.6) is 0 Å². The standard InChI is InChI=1S/C25H17F3N2O5/c1-14-9-11-15(12-10-14)22(31)20-21(18-7-2-3-8-19(18)30(34)35)29(24(33)23(20)32)17-6-4-5-16(13-17)25(26,27)28/h2-13,21,31H,1H3/b22-20+. The van der Waals surface area contributed by atoms with Crippen LogP contribution in [0, 0.1) is 17.0 Å². The van der Waals surface area contributed by atoms with E-state index in [-0.39, 0.29) is 16.8 Å². The van der Waals surface area contributed by atoms with Gasteiger partial charge >= 0.3 is 6.18 Å². The minimum absolute atomic E-state index is 0.136. The number of aliphatic hydroxyl groups is 1. The van der Waals surface area contributed by atoms with Crippen molar-refractivity contribution in [1.82, 2.24) is 0 Å². The predicted octanol–water partition coefficient (Wildman–Crippen LogP) is 5.55. The predicted molar refractivity (Wildman–Crippen MR) is 121 cm³/mol. The van der Waals surface area contributed by atoms with Crippen molar-refractivity contribution in [3.63, 3.8) is 0 Å². The van der Waals surface area contributed by atoms with Gasteiger partial charge in [-0.05, 0) is 31.2 Å². The summed E-state index contributed by atoms with van der Waals surface area (Å²) in [4.78, 5) is 38.0. The topological polar surface area (TPSA) is 101 Å². The lowest BCUT2D eigenvalue weighted by Crippen LogP contribution is -2.30. The Morgan fingerprint density at radius 2 is 1.66 bits per heavy atom. The molecule has 0 bridgehead atoms. The van der Waals surface area contributed by atoms with Gasteiger partial charge in [0.15, 0.2) is 0 Å². The number of alkyl halides is 3. The van der Waals surface area contributed by atoms with Crippen molar-refractivity contribution >= 4 is 28.8 Å². The Bertz CT molecular complexity index is 1380. The molecule has 1 saturated heterocycles. The number of aliphatic hydroxyl groups excluding tert-OH is 1. The first-order valence-electron chi connectivity index (χ1n) is 10.3. The van der Waals surface area contributed by atoms with Crippen LogP contribution in [-0.2, 0) is 15.8 Å². The number of halogens is 3. The van der Waals surface area contributed by atoms with Crippen LogP contribution in [0.1, 0.15) is 28.3 Å². The van der Waals surface area contributed by atoms with Gasteiger partial charge in [-0.2, -0.15) is 13.2 Å². The number of carbonyl (C=O) groups is 2. The molecule has 1 atom stereocenters. The number of benzene rings is 3. The van der Waals surface area contributed by atoms with Gasteiger partial charge in [-0.1, -0.05) is 48.0 Å². The zero-order valence-corrected chi connectivity index (χ0v) is 18.1. The van der Waals surface area contributed by atoms with Crippen molar-refractivity contribution in [3.05, 3.63) is 111 Å². The number of anilines is 1. The lowest BCUT2D eigenvalue weighted by atomic mass is 9.93. The van der Waals surface area contributed by atoms with Gasteiger partial charge in [0.2, 0.25) is 0 Å². The van der Waals surface area contributed by atoms with E-state index in [1.54, 1.807) is 19.1 Å². The largest absolute Gasteiger partial charge is 0.507 e. The van der Waals surface area contributed by atoms with Gasteiger partial charge in [0.25, 0.3) is 17.4 Å². The Hall–Kier alpha value is -4.47. The molecule has 0 saturated carbocycles. The Morgan fingerprint density at radius 1 is 1.00 bits per heavy atom.